The summed E-state index contributed by atoms with van der Waals surface area (Å²) in [6, 6.07) is 1.71. The highest BCUT2D eigenvalue weighted by atomic mass is 79.9. The summed E-state index contributed by atoms with van der Waals surface area (Å²) in [4.78, 5) is 13.7. The second kappa shape index (κ2) is 6.43. The van der Waals surface area contributed by atoms with Crippen LogP contribution in [0.2, 0.25) is 0 Å². The molecule has 0 radical (unpaired) electrons. The average molecular weight is 447 g/mol. The zero-order chi connectivity index (χ0) is 14.9. The SMILES string of the molecule is O=C(O)CN(Cc1cc(Br)c(Br)s1)C1CCS(=O)(=O)C1. The minimum Gasteiger partial charge on any atom is -0.480 e. The molecule has 2 heterocycles. The maximum Gasteiger partial charge on any atom is 0.317 e. The van der Waals surface area contributed by atoms with Crippen LogP contribution < -0.4 is 0 Å². The van der Waals surface area contributed by atoms with E-state index >= 15 is 0 Å². The molecule has 1 saturated heterocycles. The van der Waals surface area contributed by atoms with Crippen LogP contribution in [-0.2, 0) is 21.2 Å². The lowest BCUT2D eigenvalue weighted by atomic mass is 10.2. The molecule has 1 aliphatic rings. The zero-order valence-corrected chi connectivity index (χ0v) is 15.2. The molecule has 2 rings (SSSR count). The molecule has 1 fully saturated rings. The van der Waals surface area contributed by atoms with Crippen molar-refractivity contribution in [2.75, 3.05) is 18.1 Å². The molecular formula is C11H13Br2NO4S2. The Morgan fingerprint density at radius 2 is 2.20 bits per heavy atom. The predicted molar refractivity (Wildman–Crippen MR) is 84.8 cm³/mol. The van der Waals surface area contributed by atoms with Crippen molar-refractivity contribution in [3.8, 4) is 0 Å². The van der Waals surface area contributed by atoms with Crippen LogP contribution in [0, 0.1) is 0 Å². The van der Waals surface area contributed by atoms with E-state index in [1.54, 1.807) is 4.90 Å². The molecule has 0 amide bonds. The van der Waals surface area contributed by atoms with Crippen molar-refractivity contribution in [2.45, 2.75) is 19.0 Å². The topological polar surface area (TPSA) is 74.7 Å². The molecule has 1 unspecified atom stereocenters. The van der Waals surface area contributed by atoms with E-state index in [1.165, 1.54) is 11.3 Å². The van der Waals surface area contributed by atoms with Gasteiger partial charge in [0.15, 0.2) is 9.84 Å². The second-order valence-electron chi connectivity index (χ2n) is 4.69. The fourth-order valence-corrected chi connectivity index (χ4v) is 6.18. The van der Waals surface area contributed by atoms with Crippen molar-refractivity contribution in [1.82, 2.24) is 4.90 Å². The van der Waals surface area contributed by atoms with Gasteiger partial charge in [-0.05, 0) is 44.3 Å². The van der Waals surface area contributed by atoms with Gasteiger partial charge in [0.05, 0.1) is 21.8 Å². The smallest absolute Gasteiger partial charge is 0.317 e. The number of nitrogens with zero attached hydrogens (tertiary/aromatic N) is 1. The molecule has 9 heteroatoms. The summed E-state index contributed by atoms with van der Waals surface area (Å²) in [6.45, 7) is 0.300. The molecule has 1 aromatic rings. The number of aliphatic carboxylic acids is 1. The Balaban J connectivity index is 2.13. The third kappa shape index (κ3) is 4.27. The summed E-state index contributed by atoms with van der Waals surface area (Å²) in [5, 5.41) is 9.01. The van der Waals surface area contributed by atoms with Crippen LogP contribution >= 0.6 is 43.2 Å². The monoisotopic (exact) mass is 445 g/mol. The number of halogens is 2. The third-order valence-electron chi connectivity index (χ3n) is 3.12. The summed E-state index contributed by atoms with van der Waals surface area (Å²) < 4.78 is 25.0. The van der Waals surface area contributed by atoms with E-state index < -0.39 is 15.8 Å². The number of hydrogen-bond acceptors (Lipinski definition) is 5. The van der Waals surface area contributed by atoms with Gasteiger partial charge in [-0.25, -0.2) is 8.42 Å². The maximum absolute atomic E-state index is 11.6. The molecule has 1 aromatic heterocycles. The van der Waals surface area contributed by atoms with Gasteiger partial charge in [0.2, 0.25) is 0 Å². The summed E-state index contributed by atoms with van der Waals surface area (Å²) in [6.07, 6.45) is 0.503. The summed E-state index contributed by atoms with van der Waals surface area (Å²) in [7, 11) is -3.02. The van der Waals surface area contributed by atoms with Crippen molar-refractivity contribution in [3.05, 3.63) is 19.2 Å². The molecule has 0 bridgehead atoms. The Kier molecular flexibility index (Phi) is 5.28. The second-order valence-corrected chi connectivity index (χ2v) is 10.2. The van der Waals surface area contributed by atoms with E-state index in [1.807, 2.05) is 6.07 Å². The van der Waals surface area contributed by atoms with Crippen LogP contribution in [0.1, 0.15) is 11.3 Å². The fraction of sp³-hybridized carbons (Fsp3) is 0.545. The van der Waals surface area contributed by atoms with Gasteiger partial charge >= 0.3 is 5.97 Å². The molecule has 1 N–H and O–H groups in total. The van der Waals surface area contributed by atoms with Crippen molar-refractivity contribution in [2.24, 2.45) is 0 Å². The van der Waals surface area contributed by atoms with E-state index in [0.29, 0.717) is 13.0 Å². The van der Waals surface area contributed by atoms with Crippen molar-refractivity contribution >= 4 is 59.0 Å². The zero-order valence-electron chi connectivity index (χ0n) is 10.4. The molecule has 5 nitrogen and oxygen atoms in total. The Morgan fingerprint density at radius 3 is 2.65 bits per heavy atom. The highest BCUT2D eigenvalue weighted by Gasteiger charge is 2.33. The molecule has 1 atom stereocenters. The van der Waals surface area contributed by atoms with Gasteiger partial charge in [0.1, 0.15) is 0 Å². The minimum atomic E-state index is -3.02. The Hall–Kier alpha value is 0.0400. The van der Waals surface area contributed by atoms with Gasteiger partial charge in [-0.3, -0.25) is 9.69 Å². The van der Waals surface area contributed by atoms with E-state index in [4.69, 9.17) is 5.11 Å². The Labute approximate surface area is 138 Å². The van der Waals surface area contributed by atoms with E-state index in [-0.39, 0.29) is 24.1 Å². The van der Waals surface area contributed by atoms with Crippen LogP contribution in [0.25, 0.3) is 0 Å². The number of carbonyl (C=O) groups is 1. The van der Waals surface area contributed by atoms with Gasteiger partial charge in [-0.1, -0.05) is 0 Å². The van der Waals surface area contributed by atoms with Gasteiger partial charge < -0.3 is 5.11 Å². The number of carboxylic acids is 1. The lowest BCUT2D eigenvalue weighted by Crippen LogP contribution is -2.39. The highest BCUT2D eigenvalue weighted by Crippen LogP contribution is 2.33. The van der Waals surface area contributed by atoms with Crippen molar-refractivity contribution < 1.29 is 18.3 Å². The van der Waals surface area contributed by atoms with Gasteiger partial charge in [-0.2, -0.15) is 0 Å². The maximum atomic E-state index is 11.6. The first-order valence-corrected chi connectivity index (χ1v) is 10.1. The standard InChI is InChI=1S/C11H13Br2NO4S2/c12-9-3-8(19-11(9)13)4-14(5-10(15)16)7-1-2-20(17,18)6-7/h3,7H,1-2,4-6H2,(H,15,16). The van der Waals surface area contributed by atoms with Crippen LogP contribution in [0.15, 0.2) is 14.3 Å². The number of thiophene rings is 1. The largest absolute Gasteiger partial charge is 0.480 e. The minimum absolute atomic E-state index is 0.0496. The Bertz CT molecular complexity index is 594. The van der Waals surface area contributed by atoms with Gasteiger partial charge in [0, 0.05) is 21.9 Å². The lowest BCUT2D eigenvalue weighted by Gasteiger charge is -2.25. The van der Waals surface area contributed by atoms with E-state index in [9.17, 15) is 13.2 Å². The van der Waals surface area contributed by atoms with Crippen LogP contribution in [-0.4, -0.2) is 48.5 Å². The first kappa shape index (κ1) is 16.4. The summed E-state index contributed by atoms with van der Waals surface area (Å²) >= 11 is 8.30. The molecule has 1 aliphatic heterocycles. The van der Waals surface area contributed by atoms with Crippen molar-refractivity contribution in [3.63, 3.8) is 0 Å². The predicted octanol–water partition coefficient (Wildman–Crippen LogP) is 2.35. The van der Waals surface area contributed by atoms with Gasteiger partial charge in [-0.15, -0.1) is 11.3 Å². The number of carboxylic acid groups (broad SMARTS) is 1. The normalized spacial score (nSPS) is 21.4. The number of hydrogen-bond donors (Lipinski definition) is 1. The third-order valence-corrected chi connectivity index (χ3v) is 8.11. The first-order valence-electron chi connectivity index (χ1n) is 5.87. The van der Waals surface area contributed by atoms with Crippen molar-refractivity contribution in [1.29, 1.82) is 0 Å². The molecule has 0 aliphatic carbocycles. The first-order chi connectivity index (χ1) is 9.27. The van der Waals surface area contributed by atoms with Crippen LogP contribution in [0.4, 0.5) is 0 Å². The molecule has 0 saturated carbocycles. The Morgan fingerprint density at radius 1 is 1.50 bits per heavy atom. The van der Waals surface area contributed by atoms with Crippen LogP contribution in [0.5, 0.6) is 0 Å². The molecule has 112 valence electrons. The number of sulfone groups is 1. The van der Waals surface area contributed by atoms with Crippen LogP contribution in [0.3, 0.4) is 0 Å². The molecule has 20 heavy (non-hydrogen) atoms. The van der Waals surface area contributed by atoms with E-state index in [0.717, 1.165) is 13.1 Å². The highest BCUT2D eigenvalue weighted by molar-refractivity contribution is 9.13. The summed E-state index contributed by atoms with van der Waals surface area (Å²) in [5.74, 6) is -0.747. The quantitative estimate of drug-likeness (QED) is 0.751. The fourth-order valence-electron chi connectivity index (χ4n) is 2.22. The van der Waals surface area contributed by atoms with Gasteiger partial charge in [0.25, 0.3) is 0 Å². The molecule has 0 spiro atoms. The average Bonchev–Trinajstić information content (AvgIpc) is 2.81. The number of rotatable bonds is 5. The molecule has 0 aromatic carbocycles. The summed E-state index contributed by atoms with van der Waals surface area (Å²) in [5.41, 5.74) is 0. The lowest BCUT2D eigenvalue weighted by molar-refractivity contribution is -0.139. The van der Waals surface area contributed by atoms with E-state index in [2.05, 4.69) is 31.9 Å². The molecular weight excluding hydrogens is 434 g/mol.